The van der Waals surface area contributed by atoms with Crippen molar-refractivity contribution >= 4 is 6.09 Å². The Bertz CT molecular complexity index is 565. The van der Waals surface area contributed by atoms with Crippen LogP contribution in [0.5, 0.6) is 0 Å². The minimum Gasteiger partial charge on any atom is -0.498 e. The Hall–Kier alpha value is -1.03. The van der Waals surface area contributed by atoms with Gasteiger partial charge in [0.2, 0.25) is 0 Å². The first-order valence-electron chi connectivity index (χ1n) is 17.2. The SMILES string of the molecule is CCCCCCCCCCCCCCCCCCN1C=C[N+](CCCCCCCCCCCC)(C(=O)[O-])C1. The summed E-state index contributed by atoms with van der Waals surface area (Å²) >= 11 is 0. The molecule has 1 rings (SSSR count). The van der Waals surface area contributed by atoms with E-state index >= 15 is 0 Å². The maximum atomic E-state index is 12.0. The van der Waals surface area contributed by atoms with Gasteiger partial charge in [-0.2, -0.15) is 0 Å². The van der Waals surface area contributed by atoms with Gasteiger partial charge in [-0.15, -0.1) is 0 Å². The molecule has 0 bridgehead atoms. The summed E-state index contributed by atoms with van der Waals surface area (Å²) in [5, 5.41) is 12.0. The van der Waals surface area contributed by atoms with Crippen LogP contribution in [-0.2, 0) is 0 Å². The Balaban J connectivity index is 1.95. The third kappa shape index (κ3) is 18.3. The van der Waals surface area contributed by atoms with Crippen LogP contribution >= 0.6 is 0 Å². The number of hydrogen-bond acceptors (Lipinski definition) is 3. The molecule has 1 atom stereocenters. The van der Waals surface area contributed by atoms with Crippen molar-refractivity contribution in [1.82, 2.24) is 4.90 Å². The van der Waals surface area contributed by atoms with E-state index in [0.29, 0.717) is 13.2 Å². The molecule has 1 amide bonds. The van der Waals surface area contributed by atoms with E-state index in [0.717, 1.165) is 25.8 Å². The maximum Gasteiger partial charge on any atom is 0.263 e. The molecule has 0 aliphatic carbocycles. The average Bonchev–Trinajstić information content (AvgIpc) is 3.34. The number of nitrogens with zero attached hydrogens (tertiary/aromatic N) is 2. The first-order valence-corrected chi connectivity index (χ1v) is 17.2. The summed E-state index contributed by atoms with van der Waals surface area (Å²) in [6.07, 6.45) is 37.8. The Morgan fingerprint density at radius 2 is 0.921 bits per heavy atom. The highest BCUT2D eigenvalue weighted by molar-refractivity contribution is 5.55. The molecule has 0 fully saturated rings. The normalized spacial score (nSPS) is 17.1. The number of rotatable bonds is 28. The van der Waals surface area contributed by atoms with E-state index in [2.05, 4.69) is 18.7 Å². The van der Waals surface area contributed by atoms with Crippen LogP contribution in [0.3, 0.4) is 0 Å². The van der Waals surface area contributed by atoms with Gasteiger partial charge in [-0.05, 0) is 19.3 Å². The van der Waals surface area contributed by atoms with E-state index < -0.39 is 6.09 Å². The quantitative estimate of drug-likeness (QED) is 0.0740. The molecule has 4 nitrogen and oxygen atoms in total. The van der Waals surface area contributed by atoms with Crippen LogP contribution in [-0.4, -0.2) is 35.2 Å². The Morgan fingerprint density at radius 3 is 1.29 bits per heavy atom. The van der Waals surface area contributed by atoms with Crippen LogP contribution < -0.4 is 5.11 Å². The van der Waals surface area contributed by atoms with Gasteiger partial charge in [-0.3, -0.25) is 0 Å². The molecule has 1 unspecified atom stereocenters. The largest absolute Gasteiger partial charge is 0.498 e. The fourth-order valence-corrected chi connectivity index (χ4v) is 5.89. The second kappa shape index (κ2) is 25.0. The van der Waals surface area contributed by atoms with Crippen LogP contribution in [0.4, 0.5) is 4.79 Å². The molecule has 0 saturated heterocycles. The van der Waals surface area contributed by atoms with Crippen molar-refractivity contribution in [3.05, 3.63) is 12.4 Å². The predicted octanol–water partition coefficient (Wildman–Crippen LogP) is 10.1. The summed E-state index contributed by atoms with van der Waals surface area (Å²) in [7, 11) is 0. The van der Waals surface area contributed by atoms with Gasteiger partial charge < -0.3 is 14.8 Å². The van der Waals surface area contributed by atoms with Gasteiger partial charge in [0.25, 0.3) is 6.09 Å². The van der Waals surface area contributed by atoms with Crippen LogP contribution in [0.2, 0.25) is 0 Å². The van der Waals surface area contributed by atoms with Gasteiger partial charge in [0.15, 0.2) is 6.67 Å². The second-order valence-electron chi connectivity index (χ2n) is 12.3. The molecule has 4 heteroatoms. The smallest absolute Gasteiger partial charge is 0.263 e. The number of amides is 1. The van der Waals surface area contributed by atoms with Crippen molar-refractivity contribution in [1.29, 1.82) is 0 Å². The van der Waals surface area contributed by atoms with E-state index in [9.17, 15) is 9.90 Å². The van der Waals surface area contributed by atoms with Gasteiger partial charge in [-0.1, -0.05) is 162 Å². The molecule has 0 N–H and O–H groups in total. The molecular weight excluding hydrogens is 468 g/mol. The number of hydrogen-bond donors (Lipinski definition) is 0. The number of quaternary nitrogens is 1. The summed E-state index contributed by atoms with van der Waals surface area (Å²) < 4.78 is -0.00409. The summed E-state index contributed by atoms with van der Waals surface area (Å²) in [5.74, 6) is 0. The van der Waals surface area contributed by atoms with Crippen molar-refractivity contribution in [2.24, 2.45) is 0 Å². The van der Waals surface area contributed by atoms with Gasteiger partial charge in [0, 0.05) is 6.54 Å². The number of unbranched alkanes of at least 4 members (excludes halogenated alkanes) is 24. The Labute approximate surface area is 238 Å². The molecule has 0 radical (unpaired) electrons. The number of carboxylic acid groups (broad SMARTS) is 1. The summed E-state index contributed by atoms with van der Waals surface area (Å²) in [5.41, 5.74) is 0. The highest BCUT2D eigenvalue weighted by atomic mass is 16.4. The number of carbonyl (C=O) groups excluding carboxylic acids is 1. The molecule has 0 saturated carbocycles. The van der Waals surface area contributed by atoms with Gasteiger partial charge in [-0.25, -0.2) is 4.48 Å². The van der Waals surface area contributed by atoms with Crippen molar-refractivity contribution in [2.75, 3.05) is 19.8 Å². The van der Waals surface area contributed by atoms with E-state index in [1.165, 1.54) is 148 Å². The minimum atomic E-state index is -0.938. The topological polar surface area (TPSA) is 43.4 Å². The summed E-state index contributed by atoms with van der Waals surface area (Å²) in [6.45, 7) is 6.75. The fourth-order valence-electron chi connectivity index (χ4n) is 5.89. The zero-order valence-corrected chi connectivity index (χ0v) is 25.9. The first-order chi connectivity index (χ1) is 18.6. The van der Waals surface area contributed by atoms with E-state index in [-0.39, 0.29) is 4.48 Å². The minimum absolute atomic E-state index is 0.00409. The molecule has 1 heterocycles. The molecule has 38 heavy (non-hydrogen) atoms. The summed E-state index contributed by atoms with van der Waals surface area (Å²) in [4.78, 5) is 14.2. The van der Waals surface area contributed by atoms with Gasteiger partial charge >= 0.3 is 0 Å². The first kappa shape index (κ1) is 35.0. The number of carbonyl (C=O) groups is 1. The van der Waals surface area contributed by atoms with E-state index in [1.807, 2.05) is 12.4 Å². The lowest BCUT2D eigenvalue weighted by molar-refractivity contribution is -0.830. The molecule has 0 aromatic rings. The lowest BCUT2D eigenvalue weighted by atomic mass is 10.0. The highest BCUT2D eigenvalue weighted by Gasteiger charge is 2.33. The lowest BCUT2D eigenvalue weighted by Gasteiger charge is -2.32. The molecular formula is C34H66N2O2. The fraction of sp³-hybridized carbons (Fsp3) is 0.912. The van der Waals surface area contributed by atoms with Crippen LogP contribution in [0.25, 0.3) is 0 Å². The second-order valence-corrected chi connectivity index (χ2v) is 12.3. The van der Waals surface area contributed by atoms with Crippen molar-refractivity contribution in [3.63, 3.8) is 0 Å². The highest BCUT2D eigenvalue weighted by Crippen LogP contribution is 2.21. The predicted molar refractivity (Wildman–Crippen MR) is 163 cm³/mol. The molecule has 0 aromatic heterocycles. The third-order valence-corrected chi connectivity index (χ3v) is 8.57. The Morgan fingerprint density at radius 1 is 0.579 bits per heavy atom. The molecule has 0 aromatic carbocycles. The van der Waals surface area contributed by atoms with E-state index in [4.69, 9.17) is 0 Å². The third-order valence-electron chi connectivity index (χ3n) is 8.57. The molecule has 224 valence electrons. The lowest BCUT2D eigenvalue weighted by Crippen LogP contribution is -2.56. The Kier molecular flexibility index (Phi) is 23.0. The van der Waals surface area contributed by atoms with Crippen LogP contribution in [0.1, 0.15) is 181 Å². The zero-order chi connectivity index (χ0) is 27.6. The maximum absolute atomic E-state index is 12.0. The van der Waals surface area contributed by atoms with E-state index in [1.54, 1.807) is 0 Å². The van der Waals surface area contributed by atoms with Gasteiger partial charge in [0.05, 0.1) is 12.7 Å². The molecule has 0 spiro atoms. The molecule has 1 aliphatic heterocycles. The van der Waals surface area contributed by atoms with Crippen molar-refractivity contribution in [2.45, 2.75) is 181 Å². The zero-order valence-electron chi connectivity index (χ0n) is 25.9. The van der Waals surface area contributed by atoms with Crippen LogP contribution in [0, 0.1) is 0 Å². The van der Waals surface area contributed by atoms with Crippen molar-refractivity contribution in [3.8, 4) is 0 Å². The monoisotopic (exact) mass is 535 g/mol. The average molecular weight is 535 g/mol. The van der Waals surface area contributed by atoms with Crippen molar-refractivity contribution < 1.29 is 14.4 Å². The van der Waals surface area contributed by atoms with Gasteiger partial charge in [0.1, 0.15) is 6.20 Å². The standard InChI is InChI=1S/C34H66N2O2/c1-3-5-7-9-11-13-15-16-17-18-19-20-21-23-25-27-29-35-30-32-36(33-35,34(37)38)31-28-26-24-22-14-12-10-8-6-4-2/h30,32H,3-29,31,33H2,1-2H3. The van der Waals surface area contributed by atoms with Crippen LogP contribution in [0.15, 0.2) is 12.4 Å². The molecule has 1 aliphatic rings. The summed E-state index contributed by atoms with van der Waals surface area (Å²) in [6, 6.07) is 0.